The predicted octanol–water partition coefficient (Wildman–Crippen LogP) is 4.87. The van der Waals surface area contributed by atoms with Crippen molar-refractivity contribution in [3.05, 3.63) is 59.3 Å². The highest BCUT2D eigenvalue weighted by Crippen LogP contribution is 2.37. The number of carbonyl (C=O) groups is 1. The van der Waals surface area contributed by atoms with Crippen molar-refractivity contribution in [3.63, 3.8) is 0 Å². The molecule has 2 heterocycles. The molecule has 1 aromatic heterocycles. The largest absolute Gasteiger partial charge is 0.497 e. The van der Waals surface area contributed by atoms with Gasteiger partial charge in [-0.25, -0.2) is 0 Å². The number of fused-ring (bicyclic) bond motifs is 1. The normalized spacial score (nSPS) is 16.4. The summed E-state index contributed by atoms with van der Waals surface area (Å²) in [5.41, 5.74) is 3.93. The second kappa shape index (κ2) is 7.82. The quantitative estimate of drug-likeness (QED) is 0.622. The molecule has 1 fully saturated rings. The molecule has 1 atom stereocenters. The number of aryl methyl sites for hydroxylation is 1. The van der Waals surface area contributed by atoms with E-state index in [0.29, 0.717) is 6.61 Å². The zero-order chi connectivity index (χ0) is 20.5. The molecule has 1 amide bonds. The summed E-state index contributed by atoms with van der Waals surface area (Å²) in [7, 11) is 3.68. The van der Waals surface area contributed by atoms with Crippen LogP contribution in [0.15, 0.2) is 42.5 Å². The molecule has 0 radical (unpaired) electrons. The molecular weight excluding hydrogens is 364 g/mol. The minimum Gasteiger partial charge on any atom is -0.497 e. The average Bonchev–Trinajstić information content (AvgIpc) is 3.32. The van der Waals surface area contributed by atoms with Gasteiger partial charge in [0.1, 0.15) is 11.5 Å². The van der Waals surface area contributed by atoms with Gasteiger partial charge in [0.15, 0.2) is 0 Å². The SMILES string of the molecule is CCOc1ccc2c(c1)c(C(=O)N1CCCC1c1cccc(OC)c1)c(C)n2C. The van der Waals surface area contributed by atoms with Crippen molar-refractivity contribution >= 4 is 16.8 Å². The molecule has 0 spiro atoms. The molecule has 152 valence electrons. The van der Waals surface area contributed by atoms with E-state index in [2.05, 4.69) is 10.6 Å². The first-order valence-electron chi connectivity index (χ1n) is 10.2. The Kier molecular flexibility index (Phi) is 5.22. The number of ether oxygens (including phenoxy) is 2. The number of methoxy groups -OCH3 is 1. The van der Waals surface area contributed by atoms with Crippen LogP contribution in [-0.2, 0) is 7.05 Å². The molecule has 0 bridgehead atoms. The summed E-state index contributed by atoms with van der Waals surface area (Å²) in [6.07, 6.45) is 1.97. The second-order valence-corrected chi connectivity index (χ2v) is 7.56. The Balaban J connectivity index is 1.76. The van der Waals surface area contributed by atoms with Crippen LogP contribution in [-0.4, -0.2) is 35.6 Å². The summed E-state index contributed by atoms with van der Waals surface area (Å²) in [5, 5.41) is 0.956. The van der Waals surface area contributed by atoms with E-state index >= 15 is 0 Å². The summed E-state index contributed by atoms with van der Waals surface area (Å²) < 4.78 is 13.2. The molecule has 3 aromatic rings. The van der Waals surface area contributed by atoms with E-state index in [0.717, 1.165) is 58.6 Å². The fourth-order valence-corrected chi connectivity index (χ4v) is 4.43. The fourth-order valence-electron chi connectivity index (χ4n) is 4.43. The Morgan fingerprint density at radius 2 is 2.00 bits per heavy atom. The van der Waals surface area contributed by atoms with E-state index in [4.69, 9.17) is 9.47 Å². The van der Waals surface area contributed by atoms with Crippen LogP contribution in [0.1, 0.15) is 47.4 Å². The Labute approximate surface area is 171 Å². The molecule has 1 aliphatic rings. The van der Waals surface area contributed by atoms with Gasteiger partial charge in [-0.2, -0.15) is 0 Å². The van der Waals surface area contributed by atoms with Crippen molar-refractivity contribution in [2.75, 3.05) is 20.3 Å². The number of aromatic nitrogens is 1. The number of amides is 1. The third-order valence-corrected chi connectivity index (χ3v) is 5.98. The lowest BCUT2D eigenvalue weighted by Crippen LogP contribution is -2.31. The summed E-state index contributed by atoms with van der Waals surface area (Å²) in [4.78, 5) is 15.8. The maximum absolute atomic E-state index is 13.7. The maximum atomic E-state index is 13.7. The van der Waals surface area contributed by atoms with E-state index < -0.39 is 0 Å². The van der Waals surface area contributed by atoms with Crippen LogP contribution < -0.4 is 9.47 Å². The van der Waals surface area contributed by atoms with Crippen molar-refractivity contribution in [2.24, 2.45) is 7.05 Å². The molecule has 4 rings (SSSR count). The zero-order valence-corrected chi connectivity index (χ0v) is 17.6. The van der Waals surface area contributed by atoms with Crippen LogP contribution in [0.2, 0.25) is 0 Å². The third-order valence-electron chi connectivity index (χ3n) is 5.98. The van der Waals surface area contributed by atoms with Gasteiger partial charge in [-0.1, -0.05) is 12.1 Å². The molecule has 29 heavy (non-hydrogen) atoms. The lowest BCUT2D eigenvalue weighted by Gasteiger charge is -2.25. The number of hydrogen-bond acceptors (Lipinski definition) is 3. The summed E-state index contributed by atoms with van der Waals surface area (Å²) >= 11 is 0. The Bertz CT molecular complexity index is 1050. The molecule has 1 unspecified atom stereocenters. The summed E-state index contributed by atoms with van der Waals surface area (Å²) in [5.74, 6) is 1.71. The van der Waals surface area contributed by atoms with E-state index in [9.17, 15) is 4.79 Å². The molecule has 1 saturated heterocycles. The highest BCUT2D eigenvalue weighted by atomic mass is 16.5. The number of hydrogen-bond donors (Lipinski definition) is 0. The number of likely N-dealkylation sites (tertiary alicyclic amines) is 1. The van der Waals surface area contributed by atoms with Crippen molar-refractivity contribution < 1.29 is 14.3 Å². The number of benzene rings is 2. The first kappa shape index (κ1) is 19.4. The van der Waals surface area contributed by atoms with Crippen LogP contribution in [0, 0.1) is 6.92 Å². The van der Waals surface area contributed by atoms with Gasteiger partial charge in [-0.05, 0) is 62.6 Å². The minimum absolute atomic E-state index is 0.0716. The van der Waals surface area contributed by atoms with Crippen molar-refractivity contribution in [1.29, 1.82) is 0 Å². The smallest absolute Gasteiger partial charge is 0.256 e. The molecule has 1 aliphatic heterocycles. The molecular formula is C24H28N2O3. The highest BCUT2D eigenvalue weighted by molar-refractivity contribution is 6.09. The lowest BCUT2D eigenvalue weighted by atomic mass is 10.0. The van der Waals surface area contributed by atoms with Crippen molar-refractivity contribution in [3.8, 4) is 11.5 Å². The van der Waals surface area contributed by atoms with Gasteiger partial charge in [-0.3, -0.25) is 4.79 Å². The monoisotopic (exact) mass is 392 g/mol. The molecule has 0 N–H and O–H groups in total. The maximum Gasteiger partial charge on any atom is 0.256 e. The summed E-state index contributed by atoms with van der Waals surface area (Å²) in [6.45, 7) is 5.35. The zero-order valence-electron chi connectivity index (χ0n) is 17.6. The average molecular weight is 392 g/mol. The molecule has 2 aromatic carbocycles. The first-order valence-corrected chi connectivity index (χ1v) is 10.2. The van der Waals surface area contributed by atoms with Gasteiger partial charge in [0.2, 0.25) is 0 Å². The molecule has 0 saturated carbocycles. The fraction of sp³-hybridized carbons (Fsp3) is 0.375. The number of rotatable bonds is 5. The van der Waals surface area contributed by atoms with Gasteiger partial charge in [0.25, 0.3) is 5.91 Å². The lowest BCUT2D eigenvalue weighted by molar-refractivity contribution is 0.0736. The van der Waals surface area contributed by atoms with E-state index in [1.54, 1.807) is 7.11 Å². The Hall–Kier alpha value is -2.95. The molecule has 5 heteroatoms. The Morgan fingerprint density at radius 3 is 2.76 bits per heavy atom. The van der Waals surface area contributed by atoms with Gasteiger partial charge in [0, 0.05) is 30.2 Å². The van der Waals surface area contributed by atoms with Crippen LogP contribution in [0.5, 0.6) is 11.5 Å². The highest BCUT2D eigenvalue weighted by Gasteiger charge is 2.33. The van der Waals surface area contributed by atoms with Gasteiger partial charge in [0.05, 0.1) is 25.3 Å². The van der Waals surface area contributed by atoms with Gasteiger partial charge in [-0.15, -0.1) is 0 Å². The first-order chi connectivity index (χ1) is 14.0. The van der Waals surface area contributed by atoms with Crippen molar-refractivity contribution in [2.45, 2.75) is 32.7 Å². The summed E-state index contributed by atoms with van der Waals surface area (Å²) in [6, 6.07) is 14.1. The van der Waals surface area contributed by atoms with Crippen LogP contribution >= 0.6 is 0 Å². The van der Waals surface area contributed by atoms with Crippen molar-refractivity contribution in [1.82, 2.24) is 9.47 Å². The van der Waals surface area contributed by atoms with Crippen LogP contribution in [0.25, 0.3) is 10.9 Å². The second-order valence-electron chi connectivity index (χ2n) is 7.56. The van der Waals surface area contributed by atoms with E-state index in [1.807, 2.05) is 62.2 Å². The Morgan fingerprint density at radius 1 is 1.17 bits per heavy atom. The number of nitrogens with zero attached hydrogens (tertiary/aromatic N) is 2. The number of carbonyl (C=O) groups excluding carboxylic acids is 1. The standard InChI is InChI=1S/C24H28N2O3/c1-5-29-19-11-12-22-20(15-19)23(16(2)25(22)3)24(27)26-13-7-10-21(26)17-8-6-9-18(14-17)28-4/h6,8-9,11-12,14-15,21H,5,7,10,13H2,1-4H3. The van der Waals surface area contributed by atoms with E-state index in [-0.39, 0.29) is 11.9 Å². The molecule has 0 aliphatic carbocycles. The van der Waals surface area contributed by atoms with E-state index in [1.165, 1.54) is 0 Å². The predicted molar refractivity (Wildman–Crippen MR) is 115 cm³/mol. The topological polar surface area (TPSA) is 43.7 Å². The van der Waals surface area contributed by atoms with Gasteiger partial charge >= 0.3 is 0 Å². The van der Waals surface area contributed by atoms with Crippen LogP contribution in [0.4, 0.5) is 0 Å². The molecule has 5 nitrogen and oxygen atoms in total. The van der Waals surface area contributed by atoms with Crippen LogP contribution in [0.3, 0.4) is 0 Å². The minimum atomic E-state index is 0.0716. The van der Waals surface area contributed by atoms with Gasteiger partial charge < -0.3 is 18.9 Å². The third kappa shape index (κ3) is 3.35.